The normalized spacial score (nSPS) is 24.4. The number of rotatable bonds is 9. The monoisotopic (exact) mass is 468 g/mol. The molecule has 184 valence electrons. The highest BCUT2D eigenvalue weighted by Crippen LogP contribution is 2.48. The predicted octanol–water partition coefficient (Wildman–Crippen LogP) is 8.84. The SMILES string of the molecule is CCCCCCCC1CCC2CC(c3ccc(C(=O)Oc4ccc(F)cc4)cc3F)CCC2C1. The molecule has 0 spiro atoms. The summed E-state index contributed by atoms with van der Waals surface area (Å²) < 4.78 is 33.3. The number of esters is 1. The Morgan fingerprint density at radius 3 is 2.38 bits per heavy atom. The Morgan fingerprint density at radius 2 is 1.62 bits per heavy atom. The van der Waals surface area contributed by atoms with Crippen LogP contribution in [0.15, 0.2) is 42.5 Å². The molecule has 2 aliphatic carbocycles. The first-order valence-corrected chi connectivity index (χ1v) is 13.3. The van der Waals surface area contributed by atoms with Crippen molar-refractivity contribution in [3.05, 3.63) is 65.2 Å². The van der Waals surface area contributed by atoms with Crippen LogP contribution in [0.5, 0.6) is 5.75 Å². The van der Waals surface area contributed by atoms with E-state index in [1.165, 1.54) is 94.5 Å². The molecule has 0 aromatic heterocycles. The van der Waals surface area contributed by atoms with Gasteiger partial charge in [-0.1, -0.05) is 57.9 Å². The summed E-state index contributed by atoms with van der Waals surface area (Å²) >= 11 is 0. The fourth-order valence-corrected chi connectivity index (χ4v) is 6.22. The Labute approximate surface area is 203 Å². The fraction of sp³-hybridized carbons (Fsp3) is 0.567. The van der Waals surface area contributed by atoms with Gasteiger partial charge in [-0.05, 0) is 97.7 Å². The zero-order chi connectivity index (χ0) is 23.9. The first kappa shape index (κ1) is 24.9. The first-order chi connectivity index (χ1) is 16.5. The zero-order valence-electron chi connectivity index (χ0n) is 20.4. The molecule has 0 heterocycles. The number of fused-ring (bicyclic) bond motifs is 1. The summed E-state index contributed by atoms with van der Waals surface area (Å²) in [7, 11) is 0. The van der Waals surface area contributed by atoms with E-state index in [4.69, 9.17) is 4.74 Å². The summed E-state index contributed by atoms with van der Waals surface area (Å²) in [5.41, 5.74) is 0.911. The van der Waals surface area contributed by atoms with Crippen molar-refractivity contribution < 1.29 is 18.3 Å². The Kier molecular flexibility index (Phi) is 8.74. The zero-order valence-corrected chi connectivity index (χ0v) is 20.4. The molecular weight excluding hydrogens is 430 g/mol. The van der Waals surface area contributed by atoms with Gasteiger partial charge < -0.3 is 4.74 Å². The number of unbranched alkanes of at least 4 members (excludes halogenated alkanes) is 4. The molecule has 0 bridgehead atoms. The third kappa shape index (κ3) is 6.46. The maximum Gasteiger partial charge on any atom is 0.343 e. The van der Waals surface area contributed by atoms with E-state index >= 15 is 4.39 Å². The van der Waals surface area contributed by atoms with Gasteiger partial charge >= 0.3 is 5.97 Å². The Balaban J connectivity index is 1.29. The summed E-state index contributed by atoms with van der Waals surface area (Å²) in [6.07, 6.45) is 15.5. The van der Waals surface area contributed by atoms with Crippen molar-refractivity contribution >= 4 is 5.97 Å². The van der Waals surface area contributed by atoms with Crippen LogP contribution in [0.1, 0.15) is 106 Å². The van der Waals surface area contributed by atoms with E-state index in [2.05, 4.69) is 6.92 Å². The van der Waals surface area contributed by atoms with Crippen molar-refractivity contribution in [2.75, 3.05) is 0 Å². The van der Waals surface area contributed by atoms with E-state index in [0.717, 1.165) is 30.2 Å². The van der Waals surface area contributed by atoms with Crippen LogP contribution in [0.3, 0.4) is 0 Å². The van der Waals surface area contributed by atoms with Crippen LogP contribution in [0, 0.1) is 29.4 Å². The van der Waals surface area contributed by atoms with Crippen LogP contribution in [0.4, 0.5) is 8.78 Å². The number of ether oxygens (including phenoxy) is 1. The highest BCUT2D eigenvalue weighted by Gasteiger charge is 2.36. The second-order valence-electron chi connectivity index (χ2n) is 10.5. The number of hydrogen-bond donors (Lipinski definition) is 0. The molecule has 4 rings (SSSR count). The van der Waals surface area contributed by atoms with Crippen molar-refractivity contribution in [1.82, 2.24) is 0 Å². The Hall–Kier alpha value is -2.23. The van der Waals surface area contributed by atoms with E-state index in [-0.39, 0.29) is 23.0 Å². The molecule has 2 aromatic carbocycles. The molecule has 0 N–H and O–H groups in total. The van der Waals surface area contributed by atoms with Gasteiger partial charge in [0.25, 0.3) is 0 Å². The van der Waals surface area contributed by atoms with Crippen LogP contribution in [0.2, 0.25) is 0 Å². The first-order valence-electron chi connectivity index (χ1n) is 13.3. The lowest BCUT2D eigenvalue weighted by molar-refractivity contribution is 0.0734. The molecule has 2 nitrogen and oxygen atoms in total. The third-order valence-corrected chi connectivity index (χ3v) is 8.14. The topological polar surface area (TPSA) is 26.3 Å². The lowest BCUT2D eigenvalue weighted by Crippen LogP contribution is -2.30. The minimum Gasteiger partial charge on any atom is -0.423 e. The molecule has 2 fully saturated rings. The fourth-order valence-electron chi connectivity index (χ4n) is 6.22. The van der Waals surface area contributed by atoms with Gasteiger partial charge in [-0.3, -0.25) is 0 Å². The van der Waals surface area contributed by atoms with Crippen molar-refractivity contribution in [3.8, 4) is 5.75 Å². The molecule has 0 amide bonds. The summed E-state index contributed by atoms with van der Waals surface area (Å²) in [5, 5.41) is 0. The highest BCUT2D eigenvalue weighted by molar-refractivity contribution is 5.91. The van der Waals surface area contributed by atoms with Crippen LogP contribution in [-0.2, 0) is 0 Å². The van der Waals surface area contributed by atoms with Crippen molar-refractivity contribution in [1.29, 1.82) is 0 Å². The summed E-state index contributed by atoms with van der Waals surface area (Å²) in [4.78, 5) is 12.4. The van der Waals surface area contributed by atoms with Crippen LogP contribution in [0.25, 0.3) is 0 Å². The van der Waals surface area contributed by atoms with Gasteiger partial charge in [-0.2, -0.15) is 0 Å². The summed E-state index contributed by atoms with van der Waals surface area (Å²) in [6.45, 7) is 2.27. The largest absolute Gasteiger partial charge is 0.423 e. The van der Waals surface area contributed by atoms with Gasteiger partial charge in [-0.15, -0.1) is 0 Å². The van der Waals surface area contributed by atoms with Crippen LogP contribution < -0.4 is 4.74 Å². The highest BCUT2D eigenvalue weighted by atomic mass is 19.1. The van der Waals surface area contributed by atoms with Gasteiger partial charge in [-0.25, -0.2) is 13.6 Å². The average molecular weight is 469 g/mol. The third-order valence-electron chi connectivity index (χ3n) is 8.14. The van der Waals surface area contributed by atoms with Crippen molar-refractivity contribution in [2.45, 2.75) is 89.9 Å². The quantitative estimate of drug-likeness (QED) is 0.209. The Bertz CT molecular complexity index is 939. The molecule has 4 atom stereocenters. The molecule has 4 heteroatoms. The molecule has 2 aliphatic rings. The van der Waals surface area contributed by atoms with Crippen LogP contribution in [-0.4, -0.2) is 5.97 Å². The molecular formula is C30H38F2O2. The second-order valence-corrected chi connectivity index (χ2v) is 10.5. The van der Waals surface area contributed by atoms with Gasteiger partial charge in [0.15, 0.2) is 0 Å². The van der Waals surface area contributed by atoms with Gasteiger partial charge in [0.2, 0.25) is 0 Å². The number of hydrogen-bond acceptors (Lipinski definition) is 2. The summed E-state index contributed by atoms with van der Waals surface area (Å²) in [6, 6.07) is 9.95. The van der Waals surface area contributed by atoms with Gasteiger partial charge in [0.1, 0.15) is 17.4 Å². The lowest BCUT2D eigenvalue weighted by atomic mass is 9.63. The van der Waals surface area contributed by atoms with E-state index < -0.39 is 11.8 Å². The van der Waals surface area contributed by atoms with Gasteiger partial charge in [0, 0.05) is 0 Å². The molecule has 34 heavy (non-hydrogen) atoms. The maximum atomic E-state index is 15.0. The number of benzene rings is 2. The minimum absolute atomic E-state index is 0.179. The van der Waals surface area contributed by atoms with E-state index in [1.807, 2.05) is 0 Å². The molecule has 0 saturated heterocycles. The molecule has 0 aliphatic heterocycles. The maximum absolute atomic E-state index is 15.0. The predicted molar refractivity (Wildman–Crippen MR) is 132 cm³/mol. The van der Waals surface area contributed by atoms with Gasteiger partial charge in [0.05, 0.1) is 5.56 Å². The molecule has 0 radical (unpaired) electrons. The van der Waals surface area contributed by atoms with E-state index in [9.17, 15) is 9.18 Å². The average Bonchev–Trinajstić information content (AvgIpc) is 2.85. The van der Waals surface area contributed by atoms with Crippen LogP contribution >= 0.6 is 0 Å². The summed E-state index contributed by atoms with van der Waals surface area (Å²) in [5.74, 6) is 1.52. The number of carbonyl (C=O) groups excluding carboxylic acids is 1. The molecule has 2 saturated carbocycles. The van der Waals surface area contributed by atoms with Crippen molar-refractivity contribution in [2.24, 2.45) is 17.8 Å². The molecule has 4 unspecified atom stereocenters. The smallest absolute Gasteiger partial charge is 0.343 e. The second kappa shape index (κ2) is 12.0. The Morgan fingerprint density at radius 1 is 0.882 bits per heavy atom. The number of halogens is 2. The van der Waals surface area contributed by atoms with E-state index in [0.29, 0.717) is 5.92 Å². The standard InChI is InChI=1S/C30H38F2O2/c1-2-3-4-5-6-7-21-8-9-23-19-24(11-10-22(23)18-21)28-17-12-25(20-29(28)32)30(33)34-27-15-13-26(31)14-16-27/h12-17,20-24H,2-11,18-19H2,1H3. The van der Waals surface area contributed by atoms with E-state index in [1.54, 1.807) is 12.1 Å². The minimum atomic E-state index is -0.631. The lowest BCUT2D eigenvalue weighted by Gasteiger charge is -2.42. The molecule has 2 aromatic rings. The van der Waals surface area contributed by atoms with Crippen molar-refractivity contribution in [3.63, 3.8) is 0 Å². The number of carbonyl (C=O) groups is 1.